The Labute approximate surface area is 105 Å². The van der Waals surface area contributed by atoms with Gasteiger partial charge in [-0.05, 0) is 24.6 Å². The highest BCUT2D eigenvalue weighted by Gasteiger charge is 2.21. The van der Waals surface area contributed by atoms with E-state index in [9.17, 15) is 0 Å². The maximum atomic E-state index is 5.73. The van der Waals surface area contributed by atoms with Crippen LogP contribution in [0.4, 0.5) is 0 Å². The van der Waals surface area contributed by atoms with Crippen molar-refractivity contribution < 1.29 is 0 Å². The van der Waals surface area contributed by atoms with Gasteiger partial charge in [0, 0.05) is 16.1 Å². The third-order valence-electron chi connectivity index (χ3n) is 2.41. The highest BCUT2D eigenvalue weighted by molar-refractivity contribution is 6.78. The van der Waals surface area contributed by atoms with Gasteiger partial charge in [0.05, 0.1) is 0 Å². The molecule has 0 aromatic rings. The van der Waals surface area contributed by atoms with E-state index in [-0.39, 0.29) is 0 Å². The van der Waals surface area contributed by atoms with Crippen LogP contribution in [0, 0.1) is 5.92 Å². The van der Waals surface area contributed by atoms with Crippen molar-refractivity contribution in [1.29, 1.82) is 0 Å². The molecule has 0 aromatic heterocycles. The maximum Gasteiger partial charge on any atom is 0.0483 e. The molecule has 1 nitrogen and oxygen atoms in total. The second kappa shape index (κ2) is 6.17. The quantitative estimate of drug-likeness (QED) is 0.560. The summed E-state index contributed by atoms with van der Waals surface area (Å²) in [7, 11) is -1.97. The molecule has 0 aliphatic carbocycles. The predicted octanol–water partition coefficient (Wildman–Crippen LogP) is 4.18. The van der Waals surface area contributed by atoms with Crippen molar-refractivity contribution >= 4 is 16.1 Å². The molecule has 1 atom stereocenters. The fraction of sp³-hybridized carbons (Fsp3) is 0.846. The van der Waals surface area contributed by atoms with Crippen LogP contribution >= 0.6 is 0 Å². The number of hydrogen-bond donors (Lipinski definition) is 1. The molecule has 0 saturated carbocycles. The summed E-state index contributed by atoms with van der Waals surface area (Å²) < 4.78 is 0. The van der Waals surface area contributed by atoms with Crippen molar-refractivity contribution in [1.82, 2.24) is 0 Å². The normalized spacial score (nSPS) is 14.8. The molecule has 0 rings (SSSR count). The highest BCUT2D eigenvalue weighted by Crippen LogP contribution is 2.26. The topological polar surface area (TPSA) is 26.0 Å². The van der Waals surface area contributed by atoms with Gasteiger partial charge in [-0.1, -0.05) is 57.9 Å². The zero-order chi connectivity index (χ0) is 13.0. The van der Waals surface area contributed by atoms with Gasteiger partial charge in [0.25, 0.3) is 0 Å². The molecule has 0 fully saturated rings. The van der Waals surface area contributed by atoms with Gasteiger partial charge in [-0.3, -0.25) is 0 Å². The summed E-state index contributed by atoms with van der Waals surface area (Å²) in [4.78, 5) is 0. The monoisotopic (exact) mass is 257 g/mol. The zero-order valence-electron chi connectivity index (χ0n) is 12.4. The Morgan fingerprint density at radius 2 is 1.38 bits per heavy atom. The lowest BCUT2D eigenvalue weighted by Gasteiger charge is -2.24. The third-order valence-corrected chi connectivity index (χ3v) is 5.44. The third kappa shape index (κ3) is 9.37. The van der Waals surface area contributed by atoms with Gasteiger partial charge in [-0.25, -0.2) is 0 Å². The summed E-state index contributed by atoms with van der Waals surface area (Å²) in [6.07, 6.45) is 2.45. The smallest absolute Gasteiger partial charge is 0.0483 e. The molecular formula is C13H31NSi2. The Hall–Kier alpha value is 0.134. The van der Waals surface area contributed by atoms with Crippen molar-refractivity contribution in [2.24, 2.45) is 11.7 Å². The predicted molar refractivity (Wildman–Crippen MR) is 82.6 cm³/mol. The Kier molecular flexibility index (Phi) is 6.22. The van der Waals surface area contributed by atoms with E-state index >= 15 is 0 Å². The van der Waals surface area contributed by atoms with Gasteiger partial charge in [0.2, 0.25) is 0 Å². The van der Waals surface area contributed by atoms with Gasteiger partial charge in [0.15, 0.2) is 0 Å². The molecule has 3 heteroatoms. The Morgan fingerprint density at radius 1 is 1.00 bits per heavy atom. The highest BCUT2D eigenvalue weighted by atomic mass is 28.3. The Morgan fingerprint density at radius 3 is 1.62 bits per heavy atom. The van der Waals surface area contributed by atoms with Crippen LogP contribution in [0.2, 0.25) is 51.4 Å². The SMILES string of the molecule is CC(C=C(C[Si](C)(C)C)C[Si](C)(C)C)CN. The number of hydrogen-bond acceptors (Lipinski definition) is 1. The minimum absolute atomic E-state index is 0.544. The molecule has 0 radical (unpaired) electrons. The Balaban J connectivity index is 4.71. The molecule has 16 heavy (non-hydrogen) atoms. The fourth-order valence-electron chi connectivity index (χ4n) is 2.01. The van der Waals surface area contributed by atoms with E-state index < -0.39 is 16.1 Å². The molecule has 0 heterocycles. The van der Waals surface area contributed by atoms with Crippen molar-refractivity contribution in [3.63, 3.8) is 0 Å². The van der Waals surface area contributed by atoms with Crippen LogP contribution in [0.5, 0.6) is 0 Å². The molecular weight excluding hydrogens is 226 g/mol. The average molecular weight is 258 g/mol. The molecule has 1 unspecified atom stereocenters. The summed E-state index contributed by atoms with van der Waals surface area (Å²) in [6.45, 7) is 17.7. The van der Waals surface area contributed by atoms with Crippen LogP contribution in [0.1, 0.15) is 6.92 Å². The van der Waals surface area contributed by atoms with Gasteiger partial charge in [-0.2, -0.15) is 0 Å². The molecule has 0 amide bonds. The molecule has 0 saturated heterocycles. The van der Waals surface area contributed by atoms with Crippen molar-refractivity contribution in [3.8, 4) is 0 Å². The summed E-state index contributed by atoms with van der Waals surface area (Å²) in [6, 6.07) is 2.70. The van der Waals surface area contributed by atoms with E-state index in [1.54, 1.807) is 5.57 Å². The maximum absolute atomic E-state index is 5.73. The second-order valence-corrected chi connectivity index (χ2v) is 18.5. The van der Waals surface area contributed by atoms with Gasteiger partial charge < -0.3 is 5.73 Å². The number of rotatable bonds is 6. The minimum Gasteiger partial charge on any atom is -0.330 e. The second-order valence-electron chi connectivity index (χ2n) is 7.51. The van der Waals surface area contributed by atoms with E-state index in [0.29, 0.717) is 5.92 Å². The number of allylic oxidation sites excluding steroid dienone is 1. The standard InChI is InChI=1S/C13H31NSi2/c1-12(9-14)8-13(10-15(2,3)4)11-16(5,6)7/h8,12H,9-11,14H2,1-7H3. The van der Waals surface area contributed by atoms with Crippen LogP contribution in [0.15, 0.2) is 11.6 Å². The largest absolute Gasteiger partial charge is 0.330 e. The van der Waals surface area contributed by atoms with E-state index in [0.717, 1.165) is 6.54 Å². The van der Waals surface area contributed by atoms with Crippen molar-refractivity contribution in [2.75, 3.05) is 6.54 Å². The molecule has 0 spiro atoms. The van der Waals surface area contributed by atoms with E-state index in [4.69, 9.17) is 5.73 Å². The first-order valence-electron chi connectivity index (χ1n) is 6.43. The lowest BCUT2D eigenvalue weighted by molar-refractivity contribution is 0.733. The summed E-state index contributed by atoms with van der Waals surface area (Å²) in [5, 5.41) is 0. The van der Waals surface area contributed by atoms with Crippen molar-refractivity contribution in [2.45, 2.75) is 58.3 Å². The van der Waals surface area contributed by atoms with E-state index in [2.05, 4.69) is 52.3 Å². The first kappa shape index (κ1) is 16.1. The lowest BCUT2D eigenvalue weighted by Crippen LogP contribution is -2.26. The van der Waals surface area contributed by atoms with Crippen LogP contribution in [-0.2, 0) is 0 Å². The fourth-order valence-corrected chi connectivity index (χ4v) is 5.47. The van der Waals surface area contributed by atoms with Crippen LogP contribution in [0.3, 0.4) is 0 Å². The van der Waals surface area contributed by atoms with Gasteiger partial charge in [0.1, 0.15) is 0 Å². The van der Waals surface area contributed by atoms with Gasteiger partial charge >= 0.3 is 0 Å². The molecule has 0 aliphatic heterocycles. The minimum atomic E-state index is -0.987. The van der Waals surface area contributed by atoms with E-state index in [1.165, 1.54) is 12.1 Å². The molecule has 2 N–H and O–H groups in total. The number of nitrogens with two attached hydrogens (primary N) is 1. The average Bonchev–Trinajstić information content (AvgIpc) is 1.97. The van der Waals surface area contributed by atoms with Gasteiger partial charge in [-0.15, -0.1) is 0 Å². The first-order valence-corrected chi connectivity index (χ1v) is 13.8. The Bertz CT molecular complexity index is 215. The van der Waals surface area contributed by atoms with Crippen LogP contribution in [-0.4, -0.2) is 22.7 Å². The first-order chi connectivity index (χ1) is 7.03. The lowest BCUT2D eigenvalue weighted by atomic mass is 10.1. The van der Waals surface area contributed by atoms with Crippen LogP contribution < -0.4 is 5.73 Å². The molecule has 0 bridgehead atoms. The summed E-state index contributed by atoms with van der Waals surface area (Å²) >= 11 is 0. The summed E-state index contributed by atoms with van der Waals surface area (Å²) in [5.74, 6) is 0.544. The zero-order valence-corrected chi connectivity index (χ0v) is 14.4. The van der Waals surface area contributed by atoms with Crippen molar-refractivity contribution in [3.05, 3.63) is 11.6 Å². The van der Waals surface area contributed by atoms with E-state index in [1.807, 2.05) is 0 Å². The van der Waals surface area contributed by atoms with Crippen LogP contribution in [0.25, 0.3) is 0 Å². The molecule has 0 aromatic carbocycles. The summed E-state index contributed by atoms with van der Waals surface area (Å²) in [5.41, 5.74) is 7.42. The molecule has 0 aliphatic rings. The molecule has 96 valence electrons.